The molecule has 0 spiro atoms. The largest absolute Gasteiger partial charge is 0.417 e. The maximum Gasteiger partial charge on any atom is 0.417 e. The average Bonchev–Trinajstić information content (AvgIpc) is 2.48. The van der Waals surface area contributed by atoms with Crippen LogP contribution < -0.4 is 5.32 Å². The molecule has 0 saturated carbocycles. The van der Waals surface area contributed by atoms with Gasteiger partial charge in [-0.05, 0) is 37.1 Å². The van der Waals surface area contributed by atoms with Crippen LogP contribution in [0.15, 0.2) is 24.3 Å². The average molecular weight is 334 g/mol. The molecule has 4 nitrogen and oxygen atoms in total. The fraction of sp³-hybridized carbons (Fsp3) is 0.533. The first-order chi connectivity index (χ1) is 10.7. The van der Waals surface area contributed by atoms with Gasteiger partial charge in [-0.1, -0.05) is 0 Å². The van der Waals surface area contributed by atoms with Crippen LogP contribution in [0.25, 0.3) is 0 Å². The number of anilines is 1. The topological polar surface area (TPSA) is 52.6 Å². The molecule has 23 heavy (non-hydrogen) atoms. The Hall–Kier alpha value is -1.67. The summed E-state index contributed by atoms with van der Waals surface area (Å²) in [4.78, 5) is 13.5. The van der Waals surface area contributed by atoms with Crippen LogP contribution in [-0.2, 0) is 4.79 Å². The van der Waals surface area contributed by atoms with Crippen LogP contribution in [0.2, 0.25) is 0 Å². The Labute approximate surface area is 131 Å². The fourth-order valence-corrected chi connectivity index (χ4v) is 2.45. The Morgan fingerprint density at radius 2 is 1.78 bits per heavy atom. The maximum absolute atomic E-state index is 12.7. The maximum atomic E-state index is 12.7. The molecule has 1 saturated heterocycles. The number of hydrogen-bond donors (Lipinski definition) is 2. The molecule has 1 amide bonds. The first kappa shape index (κ1) is 17.7. The molecule has 0 radical (unpaired) electrons. The molecule has 1 fully saturated rings. The van der Waals surface area contributed by atoms with Crippen molar-refractivity contribution >= 4 is 11.6 Å². The molecule has 128 valence electrons. The number of piperidine rings is 1. The SMILES string of the molecule is O=C(CCN1CCC(O)(C(F)(F)F)CC1)Nc1ccc(F)cc1. The second kappa shape index (κ2) is 6.84. The third-order valence-corrected chi connectivity index (χ3v) is 3.99. The summed E-state index contributed by atoms with van der Waals surface area (Å²) in [5.41, 5.74) is -2.17. The monoisotopic (exact) mass is 334 g/mol. The molecular weight excluding hydrogens is 316 g/mol. The lowest BCUT2D eigenvalue weighted by molar-refractivity contribution is -0.272. The van der Waals surface area contributed by atoms with Crippen LogP contribution in [0.4, 0.5) is 23.2 Å². The summed E-state index contributed by atoms with van der Waals surface area (Å²) in [5.74, 6) is -0.707. The Kier molecular flexibility index (Phi) is 5.26. The number of alkyl halides is 3. The number of carbonyl (C=O) groups excluding carboxylic acids is 1. The van der Waals surface area contributed by atoms with E-state index in [2.05, 4.69) is 5.32 Å². The predicted octanol–water partition coefficient (Wildman–Crippen LogP) is 2.54. The van der Waals surface area contributed by atoms with Crippen molar-refractivity contribution in [1.29, 1.82) is 0 Å². The molecule has 1 aromatic rings. The third kappa shape index (κ3) is 4.65. The van der Waals surface area contributed by atoms with Crippen LogP contribution in [-0.4, -0.2) is 47.3 Å². The van der Waals surface area contributed by atoms with Gasteiger partial charge in [-0.2, -0.15) is 13.2 Å². The second-order valence-corrected chi connectivity index (χ2v) is 5.68. The smallest absolute Gasteiger partial charge is 0.380 e. The summed E-state index contributed by atoms with van der Waals surface area (Å²) in [7, 11) is 0. The van der Waals surface area contributed by atoms with E-state index in [-0.39, 0.29) is 25.4 Å². The summed E-state index contributed by atoms with van der Waals surface area (Å²) < 4.78 is 50.8. The van der Waals surface area contributed by atoms with Crippen molar-refractivity contribution in [1.82, 2.24) is 4.90 Å². The Bertz CT molecular complexity index is 537. The molecule has 1 heterocycles. The van der Waals surface area contributed by atoms with E-state index < -0.39 is 30.4 Å². The highest BCUT2D eigenvalue weighted by Gasteiger charge is 2.54. The number of nitrogens with one attached hydrogen (secondary N) is 1. The Morgan fingerprint density at radius 1 is 1.22 bits per heavy atom. The van der Waals surface area contributed by atoms with E-state index in [1.807, 2.05) is 0 Å². The summed E-state index contributed by atoms with van der Waals surface area (Å²) >= 11 is 0. The lowest BCUT2D eigenvalue weighted by Crippen LogP contribution is -2.53. The fourth-order valence-electron chi connectivity index (χ4n) is 2.45. The normalized spacial score (nSPS) is 18.7. The van der Waals surface area contributed by atoms with E-state index in [4.69, 9.17) is 0 Å². The number of benzene rings is 1. The third-order valence-electron chi connectivity index (χ3n) is 3.99. The van der Waals surface area contributed by atoms with Gasteiger partial charge in [0.2, 0.25) is 5.91 Å². The number of carbonyl (C=O) groups is 1. The lowest BCUT2D eigenvalue weighted by atomic mass is 9.91. The highest BCUT2D eigenvalue weighted by atomic mass is 19.4. The predicted molar refractivity (Wildman–Crippen MR) is 76.3 cm³/mol. The van der Waals surface area contributed by atoms with Gasteiger partial charge in [0.25, 0.3) is 0 Å². The number of aliphatic hydroxyl groups is 1. The minimum atomic E-state index is -4.63. The van der Waals surface area contributed by atoms with Crippen LogP contribution in [0, 0.1) is 5.82 Å². The number of rotatable bonds is 4. The van der Waals surface area contributed by atoms with E-state index in [9.17, 15) is 27.5 Å². The summed E-state index contributed by atoms with van der Waals surface area (Å²) in [5, 5.41) is 12.1. The highest BCUT2D eigenvalue weighted by Crippen LogP contribution is 2.38. The van der Waals surface area contributed by atoms with Gasteiger partial charge in [-0.3, -0.25) is 4.79 Å². The molecule has 8 heteroatoms. The zero-order valence-electron chi connectivity index (χ0n) is 12.4. The van der Waals surface area contributed by atoms with Crippen molar-refractivity contribution < 1.29 is 27.5 Å². The lowest BCUT2D eigenvalue weighted by Gasteiger charge is -2.39. The zero-order valence-corrected chi connectivity index (χ0v) is 12.4. The second-order valence-electron chi connectivity index (χ2n) is 5.68. The van der Waals surface area contributed by atoms with E-state index in [0.717, 1.165) is 0 Å². The molecule has 1 aliphatic heterocycles. The van der Waals surface area contributed by atoms with Gasteiger partial charge in [0, 0.05) is 31.7 Å². The minimum absolute atomic E-state index is 0.0832. The number of amides is 1. The summed E-state index contributed by atoms with van der Waals surface area (Å²) in [6, 6.07) is 5.30. The molecular formula is C15H18F4N2O2. The van der Waals surface area contributed by atoms with Gasteiger partial charge >= 0.3 is 6.18 Å². The zero-order chi connectivity index (χ0) is 17.1. The summed E-state index contributed by atoms with van der Waals surface area (Å²) in [6.45, 7) is 0.473. The summed E-state index contributed by atoms with van der Waals surface area (Å²) in [6.07, 6.45) is -5.30. The molecule has 0 unspecified atom stereocenters. The van der Waals surface area contributed by atoms with Gasteiger partial charge in [0.05, 0.1) is 0 Å². The first-order valence-corrected chi connectivity index (χ1v) is 7.26. The van der Waals surface area contributed by atoms with Crippen molar-refractivity contribution in [3.63, 3.8) is 0 Å². The molecule has 0 atom stereocenters. The van der Waals surface area contributed by atoms with E-state index in [1.165, 1.54) is 24.3 Å². The first-order valence-electron chi connectivity index (χ1n) is 7.26. The van der Waals surface area contributed by atoms with Crippen molar-refractivity contribution in [2.75, 3.05) is 25.0 Å². The molecule has 1 aromatic carbocycles. The standard InChI is InChI=1S/C15H18F4N2O2/c16-11-1-3-12(4-2-11)20-13(22)5-8-21-9-6-14(23,7-10-21)15(17,18)19/h1-4,23H,5-10H2,(H,20,22). The minimum Gasteiger partial charge on any atom is -0.380 e. The van der Waals surface area contributed by atoms with E-state index in [0.29, 0.717) is 12.2 Å². The van der Waals surface area contributed by atoms with Crippen molar-refractivity contribution in [3.05, 3.63) is 30.1 Å². The van der Waals surface area contributed by atoms with Gasteiger partial charge in [-0.15, -0.1) is 0 Å². The van der Waals surface area contributed by atoms with Crippen LogP contribution in [0.5, 0.6) is 0 Å². The quantitative estimate of drug-likeness (QED) is 0.832. The van der Waals surface area contributed by atoms with E-state index >= 15 is 0 Å². The molecule has 0 aliphatic carbocycles. The van der Waals surface area contributed by atoms with Crippen LogP contribution in [0.1, 0.15) is 19.3 Å². The van der Waals surface area contributed by atoms with E-state index in [1.54, 1.807) is 4.90 Å². The number of hydrogen-bond acceptors (Lipinski definition) is 3. The number of halogens is 4. The molecule has 0 aromatic heterocycles. The van der Waals surface area contributed by atoms with Crippen molar-refractivity contribution in [3.8, 4) is 0 Å². The van der Waals surface area contributed by atoms with Crippen molar-refractivity contribution in [2.45, 2.75) is 31.0 Å². The van der Waals surface area contributed by atoms with Gasteiger partial charge in [0.1, 0.15) is 5.82 Å². The molecule has 0 bridgehead atoms. The molecule has 2 N–H and O–H groups in total. The van der Waals surface area contributed by atoms with Gasteiger partial charge < -0.3 is 15.3 Å². The molecule has 1 aliphatic rings. The Morgan fingerprint density at radius 3 is 2.30 bits per heavy atom. The highest BCUT2D eigenvalue weighted by molar-refractivity contribution is 5.90. The Balaban J connectivity index is 1.75. The van der Waals surface area contributed by atoms with Crippen LogP contribution >= 0.6 is 0 Å². The van der Waals surface area contributed by atoms with Gasteiger partial charge in [-0.25, -0.2) is 4.39 Å². The van der Waals surface area contributed by atoms with Gasteiger partial charge in [0.15, 0.2) is 5.60 Å². The number of likely N-dealkylation sites (tertiary alicyclic amines) is 1. The molecule has 2 rings (SSSR count). The number of nitrogens with zero attached hydrogens (tertiary/aromatic N) is 1. The van der Waals surface area contributed by atoms with Crippen LogP contribution in [0.3, 0.4) is 0 Å². The van der Waals surface area contributed by atoms with Crippen molar-refractivity contribution in [2.24, 2.45) is 0 Å².